The van der Waals surface area contributed by atoms with E-state index < -0.39 is 10.0 Å². The third-order valence-corrected chi connectivity index (χ3v) is 6.20. The van der Waals surface area contributed by atoms with E-state index in [2.05, 4.69) is 20.8 Å². The molecule has 0 radical (unpaired) electrons. The normalized spacial score (nSPS) is 19.1. The number of carbonyl (C=O) groups excluding carboxylic acids is 1. The van der Waals surface area contributed by atoms with Gasteiger partial charge < -0.3 is 4.90 Å². The number of carbonyl (C=O) groups is 1. The molecule has 1 atom stereocenters. The van der Waals surface area contributed by atoms with E-state index in [1.54, 1.807) is 12.1 Å². The molecule has 2 rings (SSSR count). The van der Waals surface area contributed by atoms with Crippen LogP contribution in [0.3, 0.4) is 0 Å². The van der Waals surface area contributed by atoms with Crippen LogP contribution in [0.5, 0.6) is 0 Å². The van der Waals surface area contributed by atoms with Crippen LogP contribution >= 0.6 is 0 Å². The van der Waals surface area contributed by atoms with E-state index in [0.29, 0.717) is 5.56 Å². The predicted octanol–water partition coefficient (Wildman–Crippen LogP) is 2.98. The first-order chi connectivity index (χ1) is 11.0. The zero-order valence-corrected chi connectivity index (χ0v) is 16.1. The monoisotopic (exact) mass is 352 g/mol. The van der Waals surface area contributed by atoms with Gasteiger partial charge in [-0.05, 0) is 48.9 Å². The van der Waals surface area contributed by atoms with Crippen LogP contribution in [0.25, 0.3) is 0 Å². The minimum atomic E-state index is -3.46. The number of nitrogens with zero attached hydrogens (tertiary/aromatic N) is 2. The molecular formula is C18H28N2O3S. The van der Waals surface area contributed by atoms with Gasteiger partial charge in [0.05, 0.1) is 4.90 Å². The first-order valence-electron chi connectivity index (χ1n) is 8.36. The van der Waals surface area contributed by atoms with Gasteiger partial charge in [-0.25, -0.2) is 12.7 Å². The summed E-state index contributed by atoms with van der Waals surface area (Å²) in [4.78, 5) is 15.0. The number of sulfonamides is 1. The van der Waals surface area contributed by atoms with Crippen molar-refractivity contribution in [2.75, 3.05) is 20.6 Å². The van der Waals surface area contributed by atoms with E-state index in [9.17, 15) is 13.2 Å². The topological polar surface area (TPSA) is 57.7 Å². The Hall–Kier alpha value is -1.40. The summed E-state index contributed by atoms with van der Waals surface area (Å²) >= 11 is 0. The first-order valence-corrected chi connectivity index (χ1v) is 9.80. The molecule has 0 bridgehead atoms. The van der Waals surface area contributed by atoms with E-state index in [4.69, 9.17) is 0 Å². The molecule has 0 aliphatic carbocycles. The molecule has 0 saturated carbocycles. The molecule has 0 aromatic heterocycles. The largest absolute Gasteiger partial charge is 0.336 e. The molecule has 1 saturated heterocycles. The third kappa shape index (κ3) is 4.16. The van der Waals surface area contributed by atoms with Gasteiger partial charge in [-0.1, -0.05) is 20.8 Å². The van der Waals surface area contributed by atoms with Gasteiger partial charge in [0.25, 0.3) is 5.91 Å². The Kier molecular flexibility index (Phi) is 5.40. The number of amides is 1. The average Bonchev–Trinajstić information content (AvgIpc) is 2.92. The van der Waals surface area contributed by atoms with Crippen molar-refractivity contribution in [1.29, 1.82) is 0 Å². The highest BCUT2D eigenvalue weighted by Crippen LogP contribution is 2.31. The maximum Gasteiger partial charge on any atom is 0.254 e. The van der Waals surface area contributed by atoms with Gasteiger partial charge in [0.1, 0.15) is 0 Å². The molecule has 1 aliphatic rings. The van der Waals surface area contributed by atoms with Gasteiger partial charge in [-0.15, -0.1) is 0 Å². The van der Waals surface area contributed by atoms with Gasteiger partial charge in [0.2, 0.25) is 10.0 Å². The van der Waals surface area contributed by atoms with Gasteiger partial charge in [-0.3, -0.25) is 4.79 Å². The molecule has 1 aromatic rings. The Labute approximate surface area is 145 Å². The molecule has 134 valence electrons. The summed E-state index contributed by atoms with van der Waals surface area (Å²) in [6.07, 6.45) is 3.04. The summed E-state index contributed by atoms with van der Waals surface area (Å²) in [5, 5.41) is 0. The van der Waals surface area contributed by atoms with Crippen LogP contribution in [0.15, 0.2) is 29.2 Å². The second-order valence-corrected chi connectivity index (χ2v) is 10.0. The molecule has 1 amide bonds. The standard InChI is InChI=1S/C18H28N2O3S/c1-18(2,3)13-15-7-6-12-20(15)17(21)14-8-10-16(11-9-14)24(22,23)19(4)5/h8-11,15H,6-7,12-13H2,1-5H3. The van der Waals surface area contributed by atoms with E-state index in [1.807, 2.05) is 4.90 Å². The molecule has 1 unspecified atom stereocenters. The molecule has 0 N–H and O–H groups in total. The van der Waals surface area contributed by atoms with Crippen LogP contribution in [0.4, 0.5) is 0 Å². The molecule has 0 spiro atoms. The van der Waals surface area contributed by atoms with Crippen LogP contribution in [-0.4, -0.2) is 50.2 Å². The number of hydrogen-bond donors (Lipinski definition) is 0. The van der Waals surface area contributed by atoms with E-state index in [1.165, 1.54) is 30.5 Å². The van der Waals surface area contributed by atoms with E-state index in [0.717, 1.165) is 25.8 Å². The molecule has 1 heterocycles. The lowest BCUT2D eigenvalue weighted by Crippen LogP contribution is -2.37. The Morgan fingerprint density at radius 3 is 2.29 bits per heavy atom. The minimum absolute atomic E-state index is 0.00412. The van der Waals surface area contributed by atoms with E-state index >= 15 is 0 Å². The van der Waals surface area contributed by atoms with Crippen molar-refractivity contribution in [3.63, 3.8) is 0 Å². The van der Waals surface area contributed by atoms with Gasteiger partial charge in [0, 0.05) is 32.2 Å². The van der Waals surface area contributed by atoms with Crippen LogP contribution in [0, 0.1) is 5.41 Å². The molecule has 1 aromatic carbocycles. The van der Waals surface area contributed by atoms with Gasteiger partial charge >= 0.3 is 0 Å². The van der Waals surface area contributed by atoms with Crippen molar-refractivity contribution < 1.29 is 13.2 Å². The molecule has 5 nitrogen and oxygen atoms in total. The van der Waals surface area contributed by atoms with Crippen molar-refractivity contribution in [3.8, 4) is 0 Å². The smallest absolute Gasteiger partial charge is 0.254 e. The van der Waals surface area contributed by atoms with Crippen molar-refractivity contribution >= 4 is 15.9 Å². The summed E-state index contributed by atoms with van der Waals surface area (Å²) in [5.74, 6) is -0.00412. The highest BCUT2D eigenvalue weighted by Gasteiger charge is 2.32. The van der Waals surface area contributed by atoms with Crippen molar-refractivity contribution in [1.82, 2.24) is 9.21 Å². The first kappa shape index (κ1) is 18.9. The van der Waals surface area contributed by atoms with Crippen molar-refractivity contribution in [3.05, 3.63) is 29.8 Å². The minimum Gasteiger partial charge on any atom is -0.336 e. The van der Waals surface area contributed by atoms with Gasteiger partial charge in [-0.2, -0.15) is 0 Å². The fourth-order valence-electron chi connectivity index (χ4n) is 3.17. The lowest BCUT2D eigenvalue weighted by Gasteiger charge is -2.30. The summed E-state index contributed by atoms with van der Waals surface area (Å²) in [6, 6.07) is 6.52. The quantitative estimate of drug-likeness (QED) is 0.837. The maximum absolute atomic E-state index is 12.8. The number of hydrogen-bond acceptors (Lipinski definition) is 3. The lowest BCUT2D eigenvalue weighted by atomic mass is 9.87. The second-order valence-electron chi connectivity index (χ2n) is 7.87. The number of likely N-dealkylation sites (tertiary alicyclic amines) is 1. The molecule has 1 aliphatic heterocycles. The van der Waals surface area contributed by atoms with Gasteiger partial charge in [0.15, 0.2) is 0 Å². The maximum atomic E-state index is 12.8. The fraction of sp³-hybridized carbons (Fsp3) is 0.611. The summed E-state index contributed by atoms with van der Waals surface area (Å²) in [7, 11) is -0.473. The SMILES string of the molecule is CN(C)S(=O)(=O)c1ccc(C(=O)N2CCCC2CC(C)(C)C)cc1. The molecule has 24 heavy (non-hydrogen) atoms. The van der Waals surface area contributed by atoms with Crippen LogP contribution < -0.4 is 0 Å². The van der Waals surface area contributed by atoms with Crippen LogP contribution in [-0.2, 0) is 10.0 Å². The zero-order valence-electron chi connectivity index (χ0n) is 15.2. The Bertz CT molecular complexity index is 688. The highest BCUT2D eigenvalue weighted by atomic mass is 32.2. The van der Waals surface area contributed by atoms with Crippen molar-refractivity contribution in [2.24, 2.45) is 5.41 Å². The molecule has 1 fully saturated rings. The number of benzene rings is 1. The molecule has 6 heteroatoms. The lowest BCUT2D eigenvalue weighted by molar-refractivity contribution is 0.0704. The summed E-state index contributed by atoms with van der Waals surface area (Å²) < 4.78 is 25.4. The Morgan fingerprint density at radius 2 is 1.79 bits per heavy atom. The second kappa shape index (κ2) is 6.84. The van der Waals surface area contributed by atoms with Crippen LogP contribution in [0.2, 0.25) is 0 Å². The summed E-state index contributed by atoms with van der Waals surface area (Å²) in [6.45, 7) is 7.34. The van der Waals surface area contributed by atoms with Crippen molar-refractivity contribution in [2.45, 2.75) is 51.0 Å². The highest BCUT2D eigenvalue weighted by molar-refractivity contribution is 7.89. The zero-order chi connectivity index (χ0) is 18.1. The number of rotatable bonds is 4. The molecular weight excluding hydrogens is 324 g/mol. The Balaban J connectivity index is 2.18. The predicted molar refractivity (Wildman–Crippen MR) is 95.4 cm³/mol. The Morgan fingerprint density at radius 1 is 1.21 bits per heavy atom. The average molecular weight is 353 g/mol. The summed E-state index contributed by atoms with van der Waals surface area (Å²) in [5.41, 5.74) is 0.727. The van der Waals surface area contributed by atoms with Crippen LogP contribution in [0.1, 0.15) is 50.4 Å². The fourth-order valence-corrected chi connectivity index (χ4v) is 4.07. The van der Waals surface area contributed by atoms with E-state index in [-0.39, 0.29) is 22.3 Å². The third-order valence-electron chi connectivity index (χ3n) is 4.37.